The highest BCUT2D eigenvalue weighted by molar-refractivity contribution is 6.30. The highest BCUT2D eigenvalue weighted by atomic mass is 35.5. The van der Waals surface area contributed by atoms with Crippen LogP contribution in [0.15, 0.2) is 29.2 Å². The molecule has 3 heterocycles. The molecule has 0 aromatic carbocycles. The molecule has 0 saturated carbocycles. The SMILES string of the molecule is CC[C@H]1CN(Cc2cc(=O)n3cc(Cl)ccc3n2)CCO1. The Morgan fingerprint density at radius 1 is 1.48 bits per heavy atom. The zero-order valence-corrected chi connectivity index (χ0v) is 12.7. The van der Waals surface area contributed by atoms with E-state index in [0.29, 0.717) is 17.2 Å². The van der Waals surface area contributed by atoms with Crippen LogP contribution in [0.4, 0.5) is 0 Å². The summed E-state index contributed by atoms with van der Waals surface area (Å²) in [4.78, 5) is 19.0. The molecule has 1 aliphatic rings. The number of halogens is 1. The third-order valence-corrected chi connectivity index (χ3v) is 3.96. The summed E-state index contributed by atoms with van der Waals surface area (Å²) in [7, 11) is 0. The molecule has 1 aliphatic heterocycles. The van der Waals surface area contributed by atoms with Gasteiger partial charge in [-0.3, -0.25) is 14.1 Å². The predicted octanol–water partition coefficient (Wildman–Crippen LogP) is 1.96. The molecule has 6 heteroatoms. The number of nitrogens with zero attached hydrogens (tertiary/aromatic N) is 3. The van der Waals surface area contributed by atoms with E-state index >= 15 is 0 Å². The minimum absolute atomic E-state index is 0.0993. The smallest absolute Gasteiger partial charge is 0.258 e. The van der Waals surface area contributed by atoms with Crippen molar-refractivity contribution in [2.45, 2.75) is 26.0 Å². The third-order valence-electron chi connectivity index (χ3n) is 3.74. The second-order valence-electron chi connectivity index (χ2n) is 5.30. The molecular weight excluding hydrogens is 290 g/mol. The van der Waals surface area contributed by atoms with Gasteiger partial charge in [-0.2, -0.15) is 0 Å². The van der Waals surface area contributed by atoms with Gasteiger partial charge in [0.1, 0.15) is 5.65 Å². The Bertz CT molecular complexity index is 701. The molecule has 0 amide bonds. The molecule has 0 unspecified atom stereocenters. The van der Waals surface area contributed by atoms with Crippen LogP contribution in [0.5, 0.6) is 0 Å². The van der Waals surface area contributed by atoms with E-state index in [1.165, 1.54) is 4.40 Å². The van der Waals surface area contributed by atoms with Crippen molar-refractivity contribution in [2.24, 2.45) is 0 Å². The van der Waals surface area contributed by atoms with Crippen LogP contribution in [0.3, 0.4) is 0 Å². The van der Waals surface area contributed by atoms with Gasteiger partial charge in [-0.1, -0.05) is 18.5 Å². The number of ether oxygens (including phenoxy) is 1. The van der Waals surface area contributed by atoms with Crippen LogP contribution in [0.1, 0.15) is 19.0 Å². The van der Waals surface area contributed by atoms with Crippen LogP contribution in [-0.4, -0.2) is 40.1 Å². The Labute approximate surface area is 128 Å². The second kappa shape index (κ2) is 6.13. The molecule has 2 aromatic heterocycles. The van der Waals surface area contributed by atoms with Gasteiger partial charge in [0.2, 0.25) is 0 Å². The highest BCUT2D eigenvalue weighted by Gasteiger charge is 2.19. The quantitative estimate of drug-likeness (QED) is 0.869. The van der Waals surface area contributed by atoms with Crippen LogP contribution in [-0.2, 0) is 11.3 Å². The van der Waals surface area contributed by atoms with Gasteiger partial charge in [-0.25, -0.2) is 4.98 Å². The average molecular weight is 308 g/mol. The van der Waals surface area contributed by atoms with Crippen LogP contribution < -0.4 is 5.56 Å². The highest BCUT2D eigenvalue weighted by Crippen LogP contribution is 2.12. The fraction of sp³-hybridized carbons (Fsp3) is 0.467. The summed E-state index contributed by atoms with van der Waals surface area (Å²) in [6, 6.07) is 5.09. The molecule has 1 fully saturated rings. The molecule has 3 rings (SSSR count). The summed E-state index contributed by atoms with van der Waals surface area (Å²) in [6.07, 6.45) is 2.87. The van der Waals surface area contributed by atoms with Crippen molar-refractivity contribution in [1.82, 2.24) is 14.3 Å². The molecule has 2 aromatic rings. The molecule has 0 radical (unpaired) electrons. The zero-order valence-electron chi connectivity index (χ0n) is 12.0. The van der Waals surface area contributed by atoms with Crippen LogP contribution in [0, 0.1) is 0 Å². The largest absolute Gasteiger partial charge is 0.376 e. The van der Waals surface area contributed by atoms with E-state index in [1.807, 2.05) is 0 Å². The van der Waals surface area contributed by atoms with Gasteiger partial charge in [0.15, 0.2) is 0 Å². The van der Waals surface area contributed by atoms with Crippen molar-refractivity contribution < 1.29 is 4.74 Å². The van der Waals surface area contributed by atoms with Gasteiger partial charge in [0.25, 0.3) is 5.56 Å². The standard InChI is InChI=1S/C15H18ClN3O2/c1-2-13-10-18(5-6-21-13)9-12-7-15(20)19-8-11(16)3-4-14(19)17-12/h3-4,7-8,13H,2,5-6,9-10H2,1H3/t13-/m0/s1. The molecule has 0 N–H and O–H groups in total. The lowest BCUT2D eigenvalue weighted by molar-refractivity contribution is -0.0328. The van der Waals surface area contributed by atoms with Gasteiger partial charge in [0, 0.05) is 31.9 Å². The van der Waals surface area contributed by atoms with E-state index in [9.17, 15) is 4.79 Å². The van der Waals surface area contributed by atoms with Crippen molar-refractivity contribution in [2.75, 3.05) is 19.7 Å². The number of hydrogen-bond acceptors (Lipinski definition) is 4. The number of fused-ring (bicyclic) bond motifs is 1. The van der Waals surface area contributed by atoms with E-state index < -0.39 is 0 Å². The zero-order chi connectivity index (χ0) is 14.8. The first-order chi connectivity index (χ1) is 10.2. The summed E-state index contributed by atoms with van der Waals surface area (Å²) >= 11 is 5.91. The van der Waals surface area contributed by atoms with E-state index in [4.69, 9.17) is 16.3 Å². The molecule has 21 heavy (non-hydrogen) atoms. The van der Waals surface area contributed by atoms with Crippen molar-refractivity contribution in [3.05, 3.63) is 45.5 Å². The second-order valence-corrected chi connectivity index (χ2v) is 5.73. The van der Waals surface area contributed by atoms with E-state index in [0.717, 1.165) is 31.8 Å². The van der Waals surface area contributed by atoms with Crippen molar-refractivity contribution in [1.29, 1.82) is 0 Å². The van der Waals surface area contributed by atoms with E-state index in [2.05, 4.69) is 16.8 Å². The lowest BCUT2D eigenvalue weighted by Gasteiger charge is -2.32. The first-order valence-electron chi connectivity index (χ1n) is 7.17. The van der Waals surface area contributed by atoms with Crippen molar-refractivity contribution in [3.8, 4) is 0 Å². The van der Waals surface area contributed by atoms with Gasteiger partial charge < -0.3 is 4.74 Å². The van der Waals surface area contributed by atoms with Crippen LogP contribution >= 0.6 is 11.6 Å². The summed E-state index contributed by atoms with van der Waals surface area (Å²) < 4.78 is 7.13. The van der Waals surface area contributed by atoms with Crippen LogP contribution in [0.25, 0.3) is 5.65 Å². The molecule has 0 aliphatic carbocycles. The fourth-order valence-electron chi connectivity index (χ4n) is 2.61. The molecule has 1 saturated heterocycles. The maximum atomic E-state index is 12.1. The number of morpholine rings is 1. The summed E-state index contributed by atoms with van der Waals surface area (Å²) in [5.74, 6) is 0. The molecule has 0 spiro atoms. The normalized spacial score (nSPS) is 20.0. The van der Waals surface area contributed by atoms with E-state index in [-0.39, 0.29) is 11.7 Å². The molecular formula is C15H18ClN3O2. The van der Waals surface area contributed by atoms with Gasteiger partial charge >= 0.3 is 0 Å². The van der Waals surface area contributed by atoms with Crippen molar-refractivity contribution in [3.63, 3.8) is 0 Å². The lowest BCUT2D eigenvalue weighted by atomic mass is 10.2. The summed E-state index contributed by atoms with van der Waals surface area (Å²) in [6.45, 7) is 5.30. The molecule has 0 bridgehead atoms. The minimum Gasteiger partial charge on any atom is -0.376 e. The van der Waals surface area contributed by atoms with Crippen molar-refractivity contribution >= 4 is 17.2 Å². The van der Waals surface area contributed by atoms with Crippen LogP contribution in [0.2, 0.25) is 5.02 Å². The topological polar surface area (TPSA) is 46.8 Å². The summed E-state index contributed by atoms with van der Waals surface area (Å²) in [5, 5.41) is 0.526. The molecule has 112 valence electrons. The molecule has 1 atom stereocenters. The van der Waals surface area contributed by atoms with Gasteiger partial charge in [-0.15, -0.1) is 0 Å². The number of aromatic nitrogens is 2. The first-order valence-corrected chi connectivity index (χ1v) is 7.55. The minimum atomic E-state index is -0.0993. The first kappa shape index (κ1) is 14.5. The maximum absolute atomic E-state index is 12.1. The number of rotatable bonds is 3. The monoisotopic (exact) mass is 307 g/mol. The van der Waals surface area contributed by atoms with Gasteiger partial charge in [-0.05, 0) is 18.6 Å². The number of pyridine rings is 1. The predicted molar refractivity (Wildman–Crippen MR) is 81.8 cm³/mol. The maximum Gasteiger partial charge on any atom is 0.258 e. The van der Waals surface area contributed by atoms with E-state index in [1.54, 1.807) is 24.4 Å². The Morgan fingerprint density at radius 3 is 3.14 bits per heavy atom. The fourth-order valence-corrected chi connectivity index (χ4v) is 2.77. The molecule has 5 nitrogen and oxygen atoms in total. The Morgan fingerprint density at radius 2 is 2.33 bits per heavy atom. The Kier molecular flexibility index (Phi) is 4.24. The summed E-state index contributed by atoms with van der Waals surface area (Å²) in [5.41, 5.74) is 1.32. The lowest BCUT2D eigenvalue weighted by Crippen LogP contribution is -2.41. The average Bonchev–Trinajstić information content (AvgIpc) is 2.48. The third kappa shape index (κ3) is 3.26. The number of hydrogen-bond donors (Lipinski definition) is 0. The Balaban J connectivity index is 1.84. The van der Waals surface area contributed by atoms with Gasteiger partial charge in [0.05, 0.1) is 23.4 Å². The Hall–Kier alpha value is -1.43.